The topological polar surface area (TPSA) is 0 Å². The molecule has 29 heavy (non-hydrogen) atoms. The molecule has 0 aliphatic rings. The van der Waals surface area contributed by atoms with Gasteiger partial charge in [0.25, 0.3) is 0 Å². The van der Waals surface area contributed by atoms with E-state index in [1.807, 2.05) is 0 Å². The summed E-state index contributed by atoms with van der Waals surface area (Å²) in [5.74, 6) is 0. The lowest BCUT2D eigenvalue weighted by Crippen LogP contribution is -2.37. The van der Waals surface area contributed by atoms with Crippen LogP contribution in [-0.2, 0) is 12.8 Å². The van der Waals surface area contributed by atoms with Crippen LogP contribution in [0.25, 0.3) is 11.1 Å². The minimum atomic E-state index is -1.25. The third-order valence-corrected chi connectivity index (χ3v) is 8.74. The number of hydrogen-bond acceptors (Lipinski definition) is 0. The van der Waals surface area contributed by atoms with Gasteiger partial charge >= 0.3 is 0 Å². The largest absolute Gasteiger partial charge is 0.0775 e. The van der Waals surface area contributed by atoms with E-state index in [0.717, 1.165) is 0 Å². The van der Waals surface area contributed by atoms with Crippen LogP contribution in [0.2, 0.25) is 19.6 Å². The van der Waals surface area contributed by atoms with E-state index in [2.05, 4.69) is 85.8 Å². The summed E-state index contributed by atoms with van der Waals surface area (Å²) in [6.45, 7) is 11.8. The summed E-state index contributed by atoms with van der Waals surface area (Å²) >= 11 is 3.89. The van der Waals surface area contributed by atoms with Gasteiger partial charge in [-0.05, 0) is 60.1 Å². The Balaban J connectivity index is 2.31. The number of benzene rings is 2. The van der Waals surface area contributed by atoms with Crippen molar-refractivity contribution in [3.63, 3.8) is 0 Å². The van der Waals surface area contributed by atoms with Crippen LogP contribution < -0.4 is 5.19 Å². The van der Waals surface area contributed by atoms with Gasteiger partial charge in [0, 0.05) is 4.47 Å². The van der Waals surface area contributed by atoms with Crippen LogP contribution in [-0.4, -0.2) is 8.07 Å². The number of unbranched alkanes of at least 4 members (excludes halogenated alkanes) is 6. The maximum atomic E-state index is 3.89. The molecule has 160 valence electrons. The Labute approximate surface area is 189 Å². The van der Waals surface area contributed by atoms with Crippen molar-refractivity contribution in [1.82, 2.24) is 0 Å². The predicted octanol–water partition coefficient (Wildman–Crippen LogP) is 8.91. The fraction of sp³-hybridized carbons (Fsp3) is 0.556. The molecule has 0 fully saturated rings. The molecule has 0 aliphatic heterocycles. The lowest BCUT2D eigenvalue weighted by Gasteiger charge is -2.18. The molecule has 2 rings (SSSR count). The maximum Gasteiger partial charge on any atom is 0.0775 e. The Morgan fingerprint density at radius 3 is 1.76 bits per heavy atom. The molecule has 0 atom stereocenters. The third kappa shape index (κ3) is 7.72. The molecule has 0 heterocycles. The van der Waals surface area contributed by atoms with Crippen molar-refractivity contribution >= 4 is 29.2 Å². The Kier molecular flexibility index (Phi) is 10.2. The van der Waals surface area contributed by atoms with Gasteiger partial charge in [0.05, 0.1) is 8.07 Å². The Bertz CT molecular complexity index is 740. The summed E-state index contributed by atoms with van der Waals surface area (Å²) < 4.78 is 1.31. The smallest absolute Gasteiger partial charge is 0.0656 e. The normalized spacial score (nSPS) is 11.8. The molecule has 0 spiro atoms. The van der Waals surface area contributed by atoms with Gasteiger partial charge in [-0.15, -0.1) is 0 Å². The first kappa shape index (κ1) is 24.4. The fourth-order valence-electron chi connectivity index (χ4n) is 3.96. The van der Waals surface area contributed by atoms with Crippen molar-refractivity contribution in [3.8, 4) is 11.1 Å². The lowest BCUT2D eigenvalue weighted by molar-refractivity contribution is 0.663. The average Bonchev–Trinajstić information content (AvgIpc) is 2.69. The van der Waals surface area contributed by atoms with Crippen molar-refractivity contribution in [1.29, 1.82) is 0 Å². The van der Waals surface area contributed by atoms with Crippen LogP contribution in [0.15, 0.2) is 40.9 Å². The van der Waals surface area contributed by atoms with Crippen LogP contribution in [0.3, 0.4) is 0 Å². The second-order valence-electron chi connectivity index (χ2n) is 9.55. The number of halogens is 1. The molecule has 0 aromatic heterocycles. The van der Waals surface area contributed by atoms with Crippen molar-refractivity contribution in [2.75, 3.05) is 0 Å². The molecule has 0 radical (unpaired) electrons. The van der Waals surface area contributed by atoms with Gasteiger partial charge in [-0.1, -0.05) is 117 Å². The molecule has 0 unspecified atom stereocenters. The van der Waals surface area contributed by atoms with Gasteiger partial charge in [-0.25, -0.2) is 0 Å². The van der Waals surface area contributed by atoms with E-state index in [1.54, 1.807) is 5.19 Å². The quantitative estimate of drug-likeness (QED) is 0.213. The highest BCUT2D eigenvalue weighted by Gasteiger charge is 2.17. The highest BCUT2D eigenvalue weighted by atomic mass is 79.9. The Morgan fingerprint density at radius 2 is 1.24 bits per heavy atom. The summed E-state index contributed by atoms with van der Waals surface area (Å²) in [7, 11) is -1.25. The number of hydrogen-bond donors (Lipinski definition) is 0. The second-order valence-corrected chi connectivity index (χ2v) is 15.5. The van der Waals surface area contributed by atoms with E-state index in [9.17, 15) is 0 Å². The summed E-state index contributed by atoms with van der Waals surface area (Å²) in [6.07, 6.45) is 12.9. The van der Waals surface area contributed by atoms with Crippen LogP contribution in [0, 0.1) is 0 Å². The minimum absolute atomic E-state index is 1.18. The first-order valence-corrected chi connectivity index (χ1v) is 16.1. The zero-order valence-corrected chi connectivity index (χ0v) is 22.0. The van der Waals surface area contributed by atoms with E-state index in [-0.39, 0.29) is 0 Å². The molecule has 2 aromatic rings. The molecule has 0 N–H and O–H groups in total. The first-order valence-electron chi connectivity index (χ1n) is 11.8. The van der Waals surface area contributed by atoms with Gasteiger partial charge in [0.2, 0.25) is 0 Å². The minimum Gasteiger partial charge on any atom is -0.0656 e. The van der Waals surface area contributed by atoms with Gasteiger partial charge in [-0.3, -0.25) is 0 Å². The van der Waals surface area contributed by atoms with Crippen LogP contribution >= 0.6 is 15.9 Å². The van der Waals surface area contributed by atoms with Crippen molar-refractivity contribution < 1.29 is 0 Å². The third-order valence-electron chi connectivity index (χ3n) is 5.93. The zero-order chi connectivity index (χ0) is 21.3. The van der Waals surface area contributed by atoms with Crippen molar-refractivity contribution in [2.24, 2.45) is 0 Å². The summed E-state index contributed by atoms with van der Waals surface area (Å²) in [6, 6.07) is 14.4. The van der Waals surface area contributed by atoms with E-state index < -0.39 is 8.07 Å². The molecule has 0 saturated carbocycles. The molecule has 2 heteroatoms. The molecular weight excluding hydrogens is 432 g/mol. The molecule has 0 nitrogen and oxygen atoms in total. The van der Waals surface area contributed by atoms with Gasteiger partial charge in [0.1, 0.15) is 0 Å². The number of rotatable bonds is 12. The summed E-state index contributed by atoms with van der Waals surface area (Å²) in [4.78, 5) is 0. The molecule has 0 bridgehead atoms. The Hall–Kier alpha value is -0.863. The summed E-state index contributed by atoms with van der Waals surface area (Å²) in [5.41, 5.74) is 5.82. The first-order chi connectivity index (χ1) is 13.9. The van der Waals surface area contributed by atoms with Crippen LogP contribution in [0.5, 0.6) is 0 Å². The molecule has 0 amide bonds. The summed E-state index contributed by atoms with van der Waals surface area (Å²) in [5, 5.41) is 1.54. The van der Waals surface area contributed by atoms with Crippen molar-refractivity contribution in [2.45, 2.75) is 97.7 Å². The highest BCUT2D eigenvalue weighted by molar-refractivity contribution is 9.10. The van der Waals surface area contributed by atoms with Gasteiger partial charge in [0.15, 0.2) is 0 Å². The SMILES string of the molecule is CCCCCCc1cc(-c2ccc([Si](C)(C)C)cc2)c(CCCCCC)cc1Br. The zero-order valence-electron chi connectivity index (χ0n) is 19.4. The Morgan fingerprint density at radius 1 is 0.690 bits per heavy atom. The number of aryl methyl sites for hydroxylation is 2. The standard InChI is InChI=1S/C27H41BrSi/c1-6-8-10-12-14-23-21-27(28)24(15-13-11-9-7-2)20-26(23)22-16-18-25(19-17-22)29(3,4)5/h16-21H,6-15H2,1-5H3. The van der Waals surface area contributed by atoms with Crippen LogP contribution in [0.4, 0.5) is 0 Å². The van der Waals surface area contributed by atoms with Crippen LogP contribution in [0.1, 0.15) is 76.3 Å². The second kappa shape index (κ2) is 12.1. The van der Waals surface area contributed by atoms with Gasteiger partial charge in [-0.2, -0.15) is 0 Å². The maximum absolute atomic E-state index is 3.89. The predicted molar refractivity (Wildman–Crippen MR) is 138 cm³/mol. The molecule has 0 saturated heterocycles. The van der Waals surface area contributed by atoms with E-state index in [0.29, 0.717) is 0 Å². The fourth-order valence-corrected chi connectivity index (χ4v) is 5.72. The average molecular weight is 474 g/mol. The lowest BCUT2D eigenvalue weighted by atomic mass is 9.92. The molecule has 2 aromatic carbocycles. The molecular formula is C27H41BrSi. The van der Waals surface area contributed by atoms with E-state index in [4.69, 9.17) is 0 Å². The highest BCUT2D eigenvalue weighted by Crippen LogP contribution is 2.32. The van der Waals surface area contributed by atoms with Gasteiger partial charge < -0.3 is 0 Å². The van der Waals surface area contributed by atoms with Crippen molar-refractivity contribution in [3.05, 3.63) is 52.0 Å². The molecule has 0 aliphatic carbocycles. The van der Waals surface area contributed by atoms with E-state index >= 15 is 0 Å². The monoisotopic (exact) mass is 472 g/mol. The van der Waals surface area contributed by atoms with E-state index in [1.165, 1.54) is 90.9 Å².